The van der Waals surface area contributed by atoms with E-state index < -0.39 is 23.5 Å². The Morgan fingerprint density at radius 2 is 2.06 bits per heavy atom. The molecule has 2 saturated heterocycles. The molecule has 0 bridgehead atoms. The number of benzene rings is 1. The van der Waals surface area contributed by atoms with Gasteiger partial charge in [-0.2, -0.15) is 5.26 Å². The lowest BCUT2D eigenvalue weighted by atomic mass is 9.98. The molecule has 8 nitrogen and oxygen atoms in total. The topological polar surface area (TPSA) is 112 Å². The minimum Gasteiger partial charge on any atom is -0.478 e. The van der Waals surface area contributed by atoms with Gasteiger partial charge in [-0.05, 0) is 81.0 Å². The summed E-state index contributed by atoms with van der Waals surface area (Å²) in [6, 6.07) is 6.11. The third-order valence-electron chi connectivity index (χ3n) is 8.01. The van der Waals surface area contributed by atoms with Crippen LogP contribution in [0, 0.1) is 40.3 Å². The number of rotatable bonds is 7. The van der Waals surface area contributed by atoms with Crippen molar-refractivity contribution in [3.63, 3.8) is 0 Å². The van der Waals surface area contributed by atoms with Gasteiger partial charge in [-0.1, -0.05) is 0 Å². The molecule has 2 N–H and O–H groups in total. The zero-order valence-electron chi connectivity index (χ0n) is 19.3. The summed E-state index contributed by atoms with van der Waals surface area (Å²) in [5.74, 6) is -0.699. The van der Waals surface area contributed by atoms with Gasteiger partial charge >= 0.3 is 0 Å². The highest BCUT2D eigenvalue weighted by molar-refractivity contribution is 5.93. The van der Waals surface area contributed by atoms with Crippen LogP contribution in [0.4, 0.5) is 4.39 Å². The van der Waals surface area contributed by atoms with Crippen molar-refractivity contribution in [1.29, 1.82) is 5.26 Å². The van der Waals surface area contributed by atoms with Gasteiger partial charge in [-0.3, -0.25) is 14.4 Å². The number of carbonyl (C=O) groups is 3. The number of piperidine rings is 1. The first-order chi connectivity index (χ1) is 16.2. The minimum absolute atomic E-state index is 0.0900. The van der Waals surface area contributed by atoms with E-state index >= 15 is 0 Å². The van der Waals surface area contributed by atoms with Crippen LogP contribution in [0.3, 0.4) is 0 Å². The molecule has 0 radical (unpaired) electrons. The summed E-state index contributed by atoms with van der Waals surface area (Å²) in [6.45, 7) is 4.35. The summed E-state index contributed by atoms with van der Waals surface area (Å²) in [7, 11) is 0. The maximum atomic E-state index is 13.6. The first-order valence-corrected chi connectivity index (χ1v) is 11.9. The molecule has 9 heteroatoms. The second-order valence-electron chi connectivity index (χ2n) is 10.5. The van der Waals surface area contributed by atoms with Crippen molar-refractivity contribution in [2.24, 2.45) is 23.2 Å². The normalized spacial score (nSPS) is 29.1. The van der Waals surface area contributed by atoms with Gasteiger partial charge in [0.1, 0.15) is 23.7 Å². The van der Waals surface area contributed by atoms with Gasteiger partial charge in [0.15, 0.2) is 5.60 Å². The first-order valence-electron chi connectivity index (χ1n) is 11.9. The van der Waals surface area contributed by atoms with Crippen LogP contribution in [0.1, 0.15) is 39.5 Å². The van der Waals surface area contributed by atoms with Crippen molar-refractivity contribution in [3.05, 3.63) is 30.1 Å². The van der Waals surface area contributed by atoms with Crippen LogP contribution in [0.15, 0.2) is 24.3 Å². The third-order valence-corrected chi connectivity index (χ3v) is 8.01. The number of halogens is 1. The fourth-order valence-corrected chi connectivity index (χ4v) is 6.07. The molecule has 2 aliphatic carbocycles. The van der Waals surface area contributed by atoms with E-state index in [2.05, 4.69) is 16.7 Å². The summed E-state index contributed by atoms with van der Waals surface area (Å²) < 4.78 is 19.1. The van der Waals surface area contributed by atoms with Crippen molar-refractivity contribution in [2.75, 3.05) is 13.1 Å². The highest BCUT2D eigenvalue weighted by Gasteiger charge is 2.79. The van der Waals surface area contributed by atoms with Gasteiger partial charge in [0.05, 0.1) is 6.07 Å². The number of hydrogen-bond acceptors (Lipinski definition) is 5. The second kappa shape index (κ2) is 7.97. The lowest BCUT2D eigenvalue weighted by Gasteiger charge is -2.35. The molecule has 4 fully saturated rings. The van der Waals surface area contributed by atoms with Gasteiger partial charge in [0.2, 0.25) is 11.8 Å². The smallest absolute Gasteiger partial charge is 0.266 e. The molecule has 180 valence electrons. The molecule has 3 amide bonds. The van der Waals surface area contributed by atoms with E-state index in [9.17, 15) is 24.0 Å². The molecule has 2 heterocycles. The third kappa shape index (κ3) is 3.79. The first kappa shape index (κ1) is 22.6. The second-order valence-corrected chi connectivity index (χ2v) is 10.5. The Bertz CT molecular complexity index is 1060. The van der Waals surface area contributed by atoms with E-state index in [-0.39, 0.29) is 47.3 Å². The molecule has 1 spiro atoms. The van der Waals surface area contributed by atoms with Crippen LogP contribution in [0.2, 0.25) is 0 Å². The molecule has 34 heavy (non-hydrogen) atoms. The number of ether oxygens (including phenoxy) is 1. The van der Waals surface area contributed by atoms with Gasteiger partial charge in [0, 0.05) is 19.0 Å². The van der Waals surface area contributed by atoms with Gasteiger partial charge in [-0.15, -0.1) is 0 Å². The molecule has 2 aliphatic heterocycles. The lowest BCUT2D eigenvalue weighted by Crippen LogP contribution is -2.57. The van der Waals surface area contributed by atoms with E-state index in [1.807, 2.05) is 0 Å². The SMILES string of the molecule is CC(C)(Oc1ccc(F)cc1)C(=O)N1C[C@H]2[C@@H]([C@H]1C(=O)N[C@H](C#N)C[C@@H]1CCNC1=O)C21CC1. The van der Waals surface area contributed by atoms with E-state index in [1.165, 1.54) is 24.3 Å². The van der Waals surface area contributed by atoms with Crippen molar-refractivity contribution in [2.45, 2.75) is 57.2 Å². The Morgan fingerprint density at radius 1 is 1.35 bits per heavy atom. The maximum Gasteiger partial charge on any atom is 0.266 e. The summed E-state index contributed by atoms with van der Waals surface area (Å²) in [6.07, 6.45) is 3.03. The highest BCUT2D eigenvalue weighted by atomic mass is 19.1. The van der Waals surface area contributed by atoms with Crippen LogP contribution in [0.5, 0.6) is 5.75 Å². The summed E-state index contributed by atoms with van der Waals surface area (Å²) in [4.78, 5) is 40.5. The van der Waals surface area contributed by atoms with Crippen LogP contribution in [0.25, 0.3) is 0 Å². The quantitative estimate of drug-likeness (QED) is 0.633. The Hall–Kier alpha value is -3.15. The average Bonchev–Trinajstić information content (AvgIpc) is 3.58. The number of nitrogens with one attached hydrogen (secondary N) is 2. The fourth-order valence-electron chi connectivity index (χ4n) is 6.07. The van der Waals surface area contributed by atoms with Crippen molar-refractivity contribution < 1.29 is 23.5 Å². The number of carbonyl (C=O) groups excluding carboxylic acids is 3. The van der Waals surface area contributed by atoms with Crippen LogP contribution in [-0.2, 0) is 14.4 Å². The molecule has 0 unspecified atom stereocenters. The molecule has 5 rings (SSSR count). The van der Waals surface area contributed by atoms with Gasteiger partial charge < -0.3 is 20.3 Å². The van der Waals surface area contributed by atoms with Crippen molar-refractivity contribution >= 4 is 17.7 Å². The summed E-state index contributed by atoms with van der Waals surface area (Å²) in [5, 5.41) is 15.2. The zero-order valence-corrected chi connectivity index (χ0v) is 19.3. The molecular weight excluding hydrogens is 439 g/mol. The van der Waals surface area contributed by atoms with Gasteiger partial charge in [0.25, 0.3) is 5.91 Å². The molecule has 1 aromatic rings. The highest BCUT2D eigenvalue weighted by Crippen LogP contribution is 2.78. The number of fused-ring (bicyclic) bond motifs is 3. The van der Waals surface area contributed by atoms with Crippen molar-refractivity contribution in [3.8, 4) is 11.8 Å². The van der Waals surface area contributed by atoms with Crippen molar-refractivity contribution in [1.82, 2.24) is 15.5 Å². The fraction of sp³-hybridized carbons (Fsp3) is 0.600. The number of nitrogens with zero attached hydrogens (tertiary/aromatic N) is 2. The Kier molecular flexibility index (Phi) is 5.30. The summed E-state index contributed by atoms with van der Waals surface area (Å²) in [5.41, 5.74) is -1.10. The maximum absolute atomic E-state index is 13.6. The molecule has 5 atom stereocenters. The van der Waals surface area contributed by atoms with E-state index in [0.717, 1.165) is 12.8 Å². The Labute approximate surface area is 197 Å². The number of likely N-dealkylation sites (tertiary alicyclic amines) is 1. The van der Waals surface area contributed by atoms with E-state index in [1.54, 1.807) is 18.7 Å². The van der Waals surface area contributed by atoms with E-state index in [4.69, 9.17) is 4.74 Å². The summed E-state index contributed by atoms with van der Waals surface area (Å²) >= 11 is 0. The monoisotopic (exact) mass is 468 g/mol. The van der Waals surface area contributed by atoms with Gasteiger partial charge in [-0.25, -0.2) is 4.39 Å². The predicted octanol–water partition coefficient (Wildman–Crippen LogP) is 1.75. The number of nitriles is 1. The largest absolute Gasteiger partial charge is 0.478 e. The van der Waals surface area contributed by atoms with Crippen LogP contribution < -0.4 is 15.4 Å². The standard InChI is InChI=1S/C25H29FN4O4/c1-24(2,34-17-5-3-15(26)4-6-17)23(33)30-13-18-19(25(18)8-9-25)20(30)22(32)29-16(12-27)11-14-7-10-28-21(14)31/h3-6,14,16,18-20H,7-11,13H2,1-2H3,(H,28,31)(H,29,32)/t14-,16-,18-,19-,20-/m0/s1. The minimum atomic E-state index is -1.26. The molecule has 1 aromatic carbocycles. The molecule has 2 saturated carbocycles. The lowest BCUT2D eigenvalue weighted by molar-refractivity contribution is -0.151. The number of hydrogen-bond donors (Lipinski definition) is 2. The number of amides is 3. The average molecular weight is 469 g/mol. The molecule has 4 aliphatic rings. The Morgan fingerprint density at radius 3 is 2.65 bits per heavy atom. The molecular formula is C25H29FN4O4. The van der Waals surface area contributed by atoms with E-state index in [0.29, 0.717) is 25.3 Å². The molecule has 0 aromatic heterocycles. The predicted molar refractivity (Wildman–Crippen MR) is 119 cm³/mol. The van der Waals surface area contributed by atoms with Crippen LogP contribution in [-0.4, -0.2) is 53.4 Å². The van der Waals surface area contributed by atoms with Crippen LogP contribution >= 0.6 is 0 Å². The zero-order chi connectivity index (χ0) is 24.3. The Balaban J connectivity index is 1.30.